The number of aliphatic carboxylic acids is 1. The molecule has 5 rings (SSSR count). The summed E-state index contributed by atoms with van der Waals surface area (Å²) in [4.78, 5) is 10.9. The molecule has 0 radical (unpaired) electrons. The van der Waals surface area contributed by atoms with Crippen LogP contribution in [0, 0.1) is 5.92 Å². The summed E-state index contributed by atoms with van der Waals surface area (Å²) in [6, 6.07) is 0. The number of nitrogens with zero attached hydrogens (tertiary/aromatic N) is 1. The number of piperidine rings is 1. The Labute approximate surface area is 370 Å². The number of hydroxylamine groups is 2. The number of hydrogen-bond donors (Lipinski definition) is 12. The van der Waals surface area contributed by atoms with E-state index < -0.39 is 149 Å². The molecule has 0 aromatic heterocycles. The Morgan fingerprint density at radius 3 is 1.38 bits per heavy atom. The third-order valence-corrected chi connectivity index (χ3v) is 11.3. The summed E-state index contributed by atoms with van der Waals surface area (Å²) in [5.41, 5.74) is -0.0799. The molecule has 5 aliphatic rings. The number of rotatable bonds is 10. The molecule has 0 aromatic rings. The van der Waals surface area contributed by atoms with Gasteiger partial charge in [0.25, 0.3) is 0 Å². The van der Waals surface area contributed by atoms with Crippen molar-refractivity contribution in [1.82, 2.24) is 5.06 Å². The van der Waals surface area contributed by atoms with Crippen LogP contribution < -0.4 is 34.7 Å². The molecule has 5 fully saturated rings. The van der Waals surface area contributed by atoms with E-state index in [-0.39, 0.29) is 40.6 Å². The van der Waals surface area contributed by atoms with Gasteiger partial charge in [0.05, 0.1) is 44.1 Å². The molecule has 60 heavy (non-hydrogen) atoms. The van der Waals surface area contributed by atoms with Crippen LogP contribution in [-0.2, 0) is 42.7 Å². The smallest absolute Gasteiger partial charge is 0.547 e. The SMILES string of the molecule is CC1(C)CCCC(C)(C)N1O.CO[C@@H]1O[C@@H](CO)[C@@H](O[C@@H]2OC(C(=O)[O-])C[C@H](O)C2O)C(O)C1O.CO[C@@H]1O[C@@H](CO)[C@@H](O[C@@H]2OC(CO)[C@@H](C)[C@H](O)C2O)C(O)C1O.[Na+]. The monoisotopic (exact) mass is 887 g/mol. The van der Waals surface area contributed by atoms with Gasteiger partial charge in [-0.2, -0.15) is 5.06 Å². The molecular weight excluding hydrogens is 821 g/mol. The molecule has 5 heterocycles. The molecule has 0 saturated carbocycles. The minimum atomic E-state index is -1.64. The van der Waals surface area contributed by atoms with E-state index >= 15 is 0 Å². The van der Waals surface area contributed by atoms with Crippen LogP contribution >= 0.6 is 0 Å². The maximum absolute atomic E-state index is 10.9. The van der Waals surface area contributed by atoms with E-state index in [0.717, 1.165) is 12.8 Å². The molecule has 8 unspecified atom stereocenters. The Morgan fingerprint density at radius 2 is 1.02 bits per heavy atom. The van der Waals surface area contributed by atoms with Crippen molar-refractivity contribution in [3.05, 3.63) is 0 Å². The van der Waals surface area contributed by atoms with Crippen LogP contribution in [0.4, 0.5) is 0 Å². The number of methoxy groups -OCH3 is 2. The van der Waals surface area contributed by atoms with Gasteiger partial charge in [-0.3, -0.25) is 0 Å². The van der Waals surface area contributed by atoms with Crippen molar-refractivity contribution in [3.8, 4) is 0 Å². The number of ether oxygens (including phenoxy) is 8. The van der Waals surface area contributed by atoms with Crippen LogP contribution in [0.3, 0.4) is 0 Å². The van der Waals surface area contributed by atoms with Crippen molar-refractivity contribution in [3.63, 3.8) is 0 Å². The summed E-state index contributed by atoms with van der Waals surface area (Å²) < 4.78 is 41.4. The number of carbonyl (C=O) groups excluding carboxylic acids is 1. The van der Waals surface area contributed by atoms with Gasteiger partial charge in [-0.15, -0.1) is 0 Å². The topological polar surface area (TPSA) is 360 Å². The molecule has 0 bridgehead atoms. The van der Waals surface area contributed by atoms with E-state index in [2.05, 4.69) is 27.7 Å². The van der Waals surface area contributed by atoms with Crippen LogP contribution in [-0.4, -0.2) is 228 Å². The Hall–Kier alpha value is -0.370. The van der Waals surface area contributed by atoms with Crippen molar-refractivity contribution in [2.45, 2.75) is 182 Å². The van der Waals surface area contributed by atoms with Crippen LogP contribution in [0.1, 0.15) is 60.3 Å². The second-order valence-corrected chi connectivity index (χ2v) is 16.5. The van der Waals surface area contributed by atoms with Gasteiger partial charge in [0.1, 0.15) is 67.1 Å². The van der Waals surface area contributed by atoms with Gasteiger partial charge in [0, 0.05) is 37.6 Å². The van der Waals surface area contributed by atoms with Crippen LogP contribution in [0.25, 0.3) is 0 Å². The first-order valence-electron chi connectivity index (χ1n) is 19.5. The first kappa shape index (κ1) is 55.8. The zero-order valence-electron chi connectivity index (χ0n) is 35.3. The number of aliphatic hydroxyl groups is 11. The van der Waals surface area contributed by atoms with Crippen molar-refractivity contribution < 1.29 is 139 Å². The number of carboxylic acid groups (broad SMARTS) is 1. The van der Waals surface area contributed by atoms with Crippen molar-refractivity contribution in [1.29, 1.82) is 0 Å². The van der Waals surface area contributed by atoms with E-state index in [0.29, 0.717) is 0 Å². The number of aliphatic hydroxyl groups excluding tert-OH is 11. The van der Waals surface area contributed by atoms with Crippen LogP contribution in [0.5, 0.6) is 0 Å². The number of carboxylic acids is 1. The molecule has 12 N–H and O–H groups in total. The maximum atomic E-state index is 10.9. The minimum absolute atomic E-state index is 0. The fourth-order valence-electron chi connectivity index (χ4n) is 7.62. The van der Waals surface area contributed by atoms with E-state index in [1.165, 1.54) is 25.7 Å². The summed E-state index contributed by atoms with van der Waals surface area (Å²) in [5, 5.41) is 130. The normalized spacial score (nSPS) is 44.2. The van der Waals surface area contributed by atoms with Crippen molar-refractivity contribution in [2.24, 2.45) is 5.92 Å². The third-order valence-electron chi connectivity index (χ3n) is 11.3. The molecule has 0 amide bonds. The minimum Gasteiger partial charge on any atom is -0.547 e. The first-order chi connectivity index (χ1) is 27.5. The fourth-order valence-corrected chi connectivity index (χ4v) is 7.62. The van der Waals surface area contributed by atoms with E-state index in [9.17, 15) is 71.3 Å². The van der Waals surface area contributed by atoms with Gasteiger partial charge in [-0.05, 0) is 47.0 Å². The molecule has 348 valence electrons. The number of carbonyl (C=O) groups is 1. The average Bonchev–Trinajstić information content (AvgIpc) is 3.19. The zero-order valence-corrected chi connectivity index (χ0v) is 37.3. The molecule has 5 saturated heterocycles. The first-order valence-corrected chi connectivity index (χ1v) is 19.5. The molecule has 0 aliphatic carbocycles. The third kappa shape index (κ3) is 13.4. The molecule has 5 aliphatic heterocycles. The summed E-state index contributed by atoms with van der Waals surface area (Å²) in [5.74, 6) is -2.14. The van der Waals surface area contributed by atoms with Gasteiger partial charge in [-0.1, -0.05) is 6.92 Å². The summed E-state index contributed by atoms with van der Waals surface area (Å²) in [6.45, 7) is 8.41. The van der Waals surface area contributed by atoms with E-state index in [1.54, 1.807) is 6.92 Å². The van der Waals surface area contributed by atoms with Gasteiger partial charge in [0.2, 0.25) is 0 Å². The quantitative estimate of drug-likeness (QED) is 0.0906. The van der Waals surface area contributed by atoms with Crippen LogP contribution in [0.15, 0.2) is 0 Å². The van der Waals surface area contributed by atoms with E-state index in [4.69, 9.17) is 37.9 Å². The Kier molecular flexibility index (Phi) is 22.5. The fraction of sp³-hybridized carbons (Fsp3) is 0.972. The summed E-state index contributed by atoms with van der Waals surface area (Å²) in [6.07, 6.45) is -21.2. The van der Waals surface area contributed by atoms with Gasteiger partial charge < -0.3 is 109 Å². The predicted octanol–water partition coefficient (Wildman–Crippen LogP) is -9.00. The largest absolute Gasteiger partial charge is 1.00 e. The van der Waals surface area contributed by atoms with Crippen molar-refractivity contribution >= 4 is 5.97 Å². The predicted molar refractivity (Wildman–Crippen MR) is 192 cm³/mol. The van der Waals surface area contributed by atoms with Gasteiger partial charge >= 0.3 is 29.6 Å². The maximum Gasteiger partial charge on any atom is 1.00 e. The Morgan fingerprint density at radius 1 is 0.633 bits per heavy atom. The molecule has 24 heteroatoms. The molecular formula is C36H66NNaO22. The van der Waals surface area contributed by atoms with E-state index in [1.807, 2.05) is 0 Å². The summed E-state index contributed by atoms with van der Waals surface area (Å²) in [7, 11) is 2.50. The van der Waals surface area contributed by atoms with Crippen LogP contribution in [0.2, 0.25) is 0 Å². The second kappa shape index (κ2) is 24.2. The van der Waals surface area contributed by atoms with Gasteiger partial charge in [0.15, 0.2) is 25.2 Å². The molecule has 23 nitrogen and oxygen atoms in total. The second-order valence-electron chi connectivity index (χ2n) is 16.5. The Bertz CT molecular complexity index is 1250. The molecule has 0 aromatic carbocycles. The molecule has 19 atom stereocenters. The molecule has 0 spiro atoms. The Balaban J connectivity index is 0.000000328. The zero-order chi connectivity index (χ0) is 44.7. The van der Waals surface area contributed by atoms with Crippen molar-refractivity contribution in [2.75, 3.05) is 34.0 Å². The number of hydrogen-bond acceptors (Lipinski definition) is 23. The average molecular weight is 888 g/mol. The standard InChI is InChI=1S/C14H26O10.C13H22O11.C9H19NO.Na/c1-5-6(3-15)22-14(10(19)8(5)17)24-12-7(4-16)23-13(21-2)11(20)9(12)18;1-21-12-9(18)8(17)10(6(3-14)23-12)24-13-7(16)4(15)2-5(22-13)11(19)20;1-8(2)6-5-7-9(3,4)10(8)11;/h5-20H,3-4H2,1-2H3;4-10,12-18H,2-3H2,1H3,(H,19,20);11H,5-7H2,1-4H3;/q;;;+1/p-1/t5-,6?,7+,8+,9?,10?,11?,12-,13-,14+;4-,5?,6-,7?,8?,9?,10+,12+,13-;;/m10../s1. The summed E-state index contributed by atoms with van der Waals surface area (Å²) >= 11 is 0. The van der Waals surface area contributed by atoms with Gasteiger partial charge in [-0.25, -0.2) is 0 Å².